The van der Waals surface area contributed by atoms with E-state index in [0.717, 1.165) is 29.4 Å². The minimum Gasteiger partial charge on any atom is -0.491 e. The molecule has 0 unspecified atom stereocenters. The van der Waals surface area contributed by atoms with Crippen LogP contribution in [0.2, 0.25) is 5.02 Å². The van der Waals surface area contributed by atoms with Crippen molar-refractivity contribution in [1.82, 2.24) is 4.90 Å². The quantitative estimate of drug-likeness (QED) is 0.902. The van der Waals surface area contributed by atoms with Gasteiger partial charge in [0.05, 0.1) is 0 Å². The molecule has 1 fully saturated rings. The van der Waals surface area contributed by atoms with Crippen LogP contribution >= 0.6 is 11.6 Å². The molecule has 1 atom stereocenters. The summed E-state index contributed by atoms with van der Waals surface area (Å²) in [6, 6.07) is 5.56. The number of piperidine rings is 1. The summed E-state index contributed by atoms with van der Waals surface area (Å²) >= 11 is 5.96. The third kappa shape index (κ3) is 4.68. The summed E-state index contributed by atoms with van der Waals surface area (Å²) in [4.78, 5) is 2.31. The predicted molar refractivity (Wildman–Crippen MR) is 78.0 cm³/mol. The molecule has 19 heavy (non-hydrogen) atoms. The Morgan fingerprint density at radius 2 is 2.05 bits per heavy atom. The first-order valence-corrected chi connectivity index (χ1v) is 7.32. The van der Waals surface area contributed by atoms with Gasteiger partial charge in [0.1, 0.15) is 18.5 Å². The van der Waals surface area contributed by atoms with Crippen molar-refractivity contribution in [3.8, 4) is 5.75 Å². The maximum atomic E-state index is 9.99. The number of hydrogen-bond donors (Lipinski definition) is 1. The Bertz CT molecular complexity index is 405. The minimum absolute atomic E-state index is 0.331. The second-order valence-electron chi connectivity index (χ2n) is 5.24. The van der Waals surface area contributed by atoms with E-state index in [2.05, 4.69) is 4.90 Å². The number of halogens is 1. The fourth-order valence-electron chi connectivity index (χ4n) is 2.39. The van der Waals surface area contributed by atoms with E-state index in [9.17, 15) is 5.11 Å². The molecule has 1 saturated heterocycles. The van der Waals surface area contributed by atoms with Gasteiger partial charge in [-0.05, 0) is 56.6 Å². The minimum atomic E-state index is -0.436. The summed E-state index contributed by atoms with van der Waals surface area (Å²) in [5, 5.41) is 10.7. The summed E-state index contributed by atoms with van der Waals surface area (Å²) < 4.78 is 5.61. The van der Waals surface area contributed by atoms with Crippen molar-refractivity contribution >= 4 is 11.6 Å². The number of hydrogen-bond acceptors (Lipinski definition) is 3. The Balaban J connectivity index is 1.75. The van der Waals surface area contributed by atoms with E-state index in [1.54, 1.807) is 0 Å². The summed E-state index contributed by atoms with van der Waals surface area (Å²) in [5.74, 6) is 0.764. The Hall–Kier alpha value is -0.770. The highest BCUT2D eigenvalue weighted by Crippen LogP contribution is 2.21. The summed E-state index contributed by atoms with van der Waals surface area (Å²) in [6.07, 6.45) is 3.36. The Kier molecular flexibility index (Phi) is 5.49. The van der Waals surface area contributed by atoms with Crippen LogP contribution < -0.4 is 4.74 Å². The molecule has 0 bridgehead atoms. The third-order valence-electron chi connectivity index (χ3n) is 3.49. The second kappa shape index (κ2) is 7.13. The first-order chi connectivity index (χ1) is 9.15. The SMILES string of the molecule is Cc1cc(OC[C@@H](O)CN2CCCCC2)ccc1Cl. The van der Waals surface area contributed by atoms with Gasteiger partial charge in [-0.1, -0.05) is 18.0 Å². The number of ether oxygens (including phenoxy) is 1. The monoisotopic (exact) mass is 283 g/mol. The number of benzene rings is 1. The number of aryl methyl sites for hydroxylation is 1. The van der Waals surface area contributed by atoms with E-state index in [0.29, 0.717) is 13.2 Å². The highest BCUT2D eigenvalue weighted by molar-refractivity contribution is 6.31. The molecule has 0 radical (unpaired) electrons. The Morgan fingerprint density at radius 1 is 1.32 bits per heavy atom. The van der Waals surface area contributed by atoms with Gasteiger partial charge in [-0.15, -0.1) is 0 Å². The lowest BCUT2D eigenvalue weighted by Crippen LogP contribution is -2.38. The lowest BCUT2D eigenvalue weighted by molar-refractivity contribution is 0.0617. The van der Waals surface area contributed by atoms with Gasteiger partial charge in [-0.3, -0.25) is 0 Å². The van der Waals surface area contributed by atoms with Crippen molar-refractivity contribution < 1.29 is 9.84 Å². The molecule has 0 aliphatic carbocycles. The Labute approximate surface area is 120 Å². The van der Waals surface area contributed by atoms with E-state index >= 15 is 0 Å². The van der Waals surface area contributed by atoms with Crippen LogP contribution in [0.15, 0.2) is 18.2 Å². The molecule has 1 N–H and O–H groups in total. The zero-order valence-electron chi connectivity index (χ0n) is 11.4. The fourth-order valence-corrected chi connectivity index (χ4v) is 2.51. The topological polar surface area (TPSA) is 32.7 Å². The van der Waals surface area contributed by atoms with Crippen molar-refractivity contribution in [3.05, 3.63) is 28.8 Å². The molecule has 106 valence electrons. The van der Waals surface area contributed by atoms with Crippen LogP contribution in [0.3, 0.4) is 0 Å². The zero-order valence-corrected chi connectivity index (χ0v) is 12.2. The molecular weight excluding hydrogens is 262 g/mol. The van der Waals surface area contributed by atoms with E-state index in [1.807, 2.05) is 25.1 Å². The van der Waals surface area contributed by atoms with Crippen molar-refractivity contribution in [2.24, 2.45) is 0 Å². The van der Waals surface area contributed by atoms with Crippen molar-refractivity contribution in [1.29, 1.82) is 0 Å². The second-order valence-corrected chi connectivity index (χ2v) is 5.64. The first kappa shape index (κ1) is 14.6. The number of rotatable bonds is 5. The van der Waals surface area contributed by atoms with Crippen molar-refractivity contribution in [2.75, 3.05) is 26.2 Å². The van der Waals surface area contributed by atoms with Gasteiger partial charge in [0, 0.05) is 11.6 Å². The molecule has 1 aromatic carbocycles. The Morgan fingerprint density at radius 3 is 2.74 bits per heavy atom. The maximum absolute atomic E-state index is 9.99. The van der Waals surface area contributed by atoms with Crippen LogP contribution in [0.25, 0.3) is 0 Å². The number of β-amino-alcohol motifs (C(OH)–C–C–N with tert-alkyl or cyclic N) is 1. The van der Waals surface area contributed by atoms with E-state index in [1.165, 1.54) is 19.3 Å². The van der Waals surface area contributed by atoms with Crippen LogP contribution in [0.1, 0.15) is 24.8 Å². The van der Waals surface area contributed by atoms with Crippen LogP contribution in [0.5, 0.6) is 5.75 Å². The summed E-state index contributed by atoms with van der Waals surface area (Å²) in [6.45, 7) is 5.16. The maximum Gasteiger partial charge on any atom is 0.119 e. The summed E-state index contributed by atoms with van der Waals surface area (Å²) in [7, 11) is 0. The first-order valence-electron chi connectivity index (χ1n) is 6.94. The molecule has 4 heteroatoms. The molecule has 1 aliphatic rings. The van der Waals surface area contributed by atoms with E-state index < -0.39 is 6.10 Å². The van der Waals surface area contributed by atoms with Gasteiger partial charge in [-0.25, -0.2) is 0 Å². The highest BCUT2D eigenvalue weighted by atomic mass is 35.5. The third-order valence-corrected chi connectivity index (χ3v) is 3.91. The predicted octanol–water partition coefficient (Wildman–Crippen LogP) is 2.87. The molecule has 1 aliphatic heterocycles. The molecule has 1 heterocycles. The van der Waals surface area contributed by atoms with Gasteiger partial charge in [-0.2, -0.15) is 0 Å². The van der Waals surface area contributed by atoms with Crippen molar-refractivity contribution in [3.63, 3.8) is 0 Å². The fraction of sp³-hybridized carbons (Fsp3) is 0.600. The number of nitrogens with zero attached hydrogens (tertiary/aromatic N) is 1. The molecule has 1 aromatic rings. The average molecular weight is 284 g/mol. The lowest BCUT2D eigenvalue weighted by Gasteiger charge is -2.28. The average Bonchev–Trinajstić information content (AvgIpc) is 2.41. The van der Waals surface area contributed by atoms with E-state index in [-0.39, 0.29) is 0 Å². The molecular formula is C15H22ClNO2. The molecule has 3 nitrogen and oxygen atoms in total. The van der Waals surface area contributed by atoms with Crippen LogP contribution in [-0.4, -0.2) is 42.4 Å². The largest absolute Gasteiger partial charge is 0.491 e. The van der Waals surface area contributed by atoms with E-state index in [4.69, 9.17) is 16.3 Å². The molecule has 2 rings (SSSR count). The number of aliphatic hydroxyl groups excluding tert-OH is 1. The van der Waals surface area contributed by atoms with Crippen molar-refractivity contribution in [2.45, 2.75) is 32.3 Å². The van der Waals surface area contributed by atoms with Crippen LogP contribution in [0, 0.1) is 6.92 Å². The molecule has 0 amide bonds. The zero-order chi connectivity index (χ0) is 13.7. The molecule has 0 aromatic heterocycles. The van der Waals surface area contributed by atoms with Crippen LogP contribution in [-0.2, 0) is 0 Å². The number of likely N-dealkylation sites (tertiary alicyclic amines) is 1. The lowest BCUT2D eigenvalue weighted by atomic mass is 10.1. The van der Waals surface area contributed by atoms with Crippen LogP contribution in [0.4, 0.5) is 0 Å². The van der Waals surface area contributed by atoms with Gasteiger partial charge >= 0.3 is 0 Å². The highest BCUT2D eigenvalue weighted by Gasteiger charge is 2.15. The number of aliphatic hydroxyl groups is 1. The smallest absolute Gasteiger partial charge is 0.119 e. The normalized spacial score (nSPS) is 18.3. The van der Waals surface area contributed by atoms with Gasteiger partial charge in [0.25, 0.3) is 0 Å². The van der Waals surface area contributed by atoms with Gasteiger partial charge in [0.15, 0.2) is 0 Å². The summed E-state index contributed by atoms with van der Waals surface area (Å²) in [5.41, 5.74) is 0.990. The standard InChI is InChI=1S/C15H22ClNO2/c1-12-9-14(5-6-15(12)16)19-11-13(18)10-17-7-3-2-4-8-17/h5-6,9,13,18H,2-4,7-8,10-11H2,1H3/t13-/m0/s1. The van der Waals surface area contributed by atoms with Gasteiger partial charge < -0.3 is 14.7 Å². The molecule has 0 saturated carbocycles. The van der Waals surface area contributed by atoms with Gasteiger partial charge in [0.2, 0.25) is 0 Å². The molecule has 0 spiro atoms.